The Balaban J connectivity index is 1.20. The number of amides is 9. The lowest BCUT2D eigenvalue weighted by molar-refractivity contribution is -0.277. The number of phenolic OH excluding ortho intramolecular Hbond substituents is 3. The van der Waals surface area contributed by atoms with Crippen molar-refractivity contribution in [3.05, 3.63) is 117 Å². The number of aliphatic hydroxyl groups excluding tert-OH is 6. The summed E-state index contributed by atoms with van der Waals surface area (Å²) in [5.74, 6) is -15.0. The maximum atomic E-state index is 16.1. The van der Waals surface area contributed by atoms with E-state index in [2.05, 4.69) is 31.9 Å². The number of primary amides is 1. The molecule has 7 heterocycles. The molecule has 0 spiro atoms. The molecular weight excluding hydrogens is 1410 g/mol. The first-order valence-corrected chi connectivity index (χ1v) is 33.6. The number of hydrogen-bond acceptors (Lipinski definition) is 24. The van der Waals surface area contributed by atoms with Gasteiger partial charge in [-0.05, 0) is 123 Å². The first kappa shape index (κ1) is 76.8. The lowest BCUT2D eigenvalue weighted by Crippen LogP contribution is -2.60. The van der Waals surface area contributed by atoms with E-state index in [1.165, 1.54) is 24.1 Å². The molecule has 3 unspecified atom stereocenters. The third-order valence-electron chi connectivity index (χ3n) is 18.0. The molecule has 7 aliphatic heterocycles. The number of benzene rings is 5. The molecule has 558 valence electrons. The standard InChI is InChI=1S/C69H80Cl2N10O23/c1-28(2)18-39(80(7)68(99)104-69(3,4)5)61(93)77-52-54(87)30-9-12-42(36(70)20-30)100-44-22-32-23-45(59(44)103-67-58(91)57(90)56(89)46(27-82)102-67)101-43-13-10-31(21-37(43)71)55(88)53-65(97)76-51(66(98)81-16-14-79(6)15-17-81)35-24-33(83)25-41(85)48(35)34-19-29(8-11-40(34)84)49(62(94)78-53)75-63(95)50(32)74-60(92)38(26-47(72)86)73-64(52)96/h8-13,19-25,28,38-39,46,49-58,67,82-85,87-91H,14-18,26-27H2,1-7H3,(H2,72,86)(H,73,96)(H,74,92)(H,75,95)(H,76,97)(H,77,93)(H,78,94)/t38?,39-,46-,49-,50?,51-,52?,53+,54-,55-,56-,57+,58-,67+/m1/s1. The van der Waals surface area contributed by atoms with Gasteiger partial charge in [-0.3, -0.25) is 43.3 Å². The summed E-state index contributed by atoms with van der Waals surface area (Å²) in [6, 6.07) is -0.318. The van der Waals surface area contributed by atoms with Crippen LogP contribution in [0.25, 0.3) is 11.1 Å². The summed E-state index contributed by atoms with van der Waals surface area (Å²) in [6.07, 6.45) is -16.3. The smallest absolute Gasteiger partial charge is 0.410 e. The molecule has 5 aromatic carbocycles. The summed E-state index contributed by atoms with van der Waals surface area (Å²) in [5, 5.41) is 118. The van der Waals surface area contributed by atoms with Crippen molar-refractivity contribution < 1.29 is 113 Å². The largest absolute Gasteiger partial charge is 0.508 e. The first-order valence-electron chi connectivity index (χ1n) is 32.9. The number of carbonyl (C=O) groups is 9. The molecule has 7 aliphatic rings. The van der Waals surface area contributed by atoms with E-state index in [1.807, 2.05) is 11.9 Å². The van der Waals surface area contributed by atoms with E-state index in [4.69, 9.17) is 52.6 Å². The number of fused-ring (bicyclic) bond motifs is 15. The normalized spacial score (nSPS) is 25.6. The van der Waals surface area contributed by atoms with Crippen LogP contribution >= 0.6 is 23.2 Å². The molecule has 0 saturated carbocycles. The fourth-order valence-electron chi connectivity index (χ4n) is 12.5. The van der Waals surface area contributed by atoms with Gasteiger partial charge in [0.05, 0.1) is 23.1 Å². The number of aromatic hydroxyl groups is 3. The highest BCUT2D eigenvalue weighted by atomic mass is 35.5. The van der Waals surface area contributed by atoms with Crippen molar-refractivity contribution >= 4 is 76.6 Å². The number of phenols is 3. The second-order valence-corrected chi connectivity index (χ2v) is 28.0. The number of rotatable bonds is 11. The number of ether oxygens (including phenoxy) is 5. The van der Waals surface area contributed by atoms with Crippen LogP contribution in [0, 0.1) is 5.92 Å². The summed E-state index contributed by atoms with van der Waals surface area (Å²) < 4.78 is 30.7. The molecule has 0 aliphatic carbocycles. The van der Waals surface area contributed by atoms with Gasteiger partial charge in [0.1, 0.15) is 113 Å². The molecule has 14 atom stereocenters. The zero-order chi connectivity index (χ0) is 75.8. The zero-order valence-electron chi connectivity index (χ0n) is 57.0. The average molecular weight is 1490 g/mol. The molecular formula is C69H80Cl2N10O23. The van der Waals surface area contributed by atoms with Crippen LogP contribution < -0.4 is 51.8 Å². The van der Waals surface area contributed by atoms with Gasteiger partial charge in [0.2, 0.25) is 59.3 Å². The number of nitrogens with one attached hydrogen (secondary N) is 6. The third kappa shape index (κ3) is 16.7. The quantitative estimate of drug-likeness (QED) is 0.0883. The molecule has 0 radical (unpaired) electrons. The minimum Gasteiger partial charge on any atom is -0.508 e. The van der Waals surface area contributed by atoms with Crippen LogP contribution in [0.1, 0.15) is 106 Å². The molecule has 11 bridgehead atoms. The van der Waals surface area contributed by atoms with Gasteiger partial charge < -0.3 is 117 Å². The van der Waals surface area contributed by atoms with Crippen LogP contribution in [0.15, 0.2) is 78.9 Å². The first-order chi connectivity index (χ1) is 49.0. The van der Waals surface area contributed by atoms with Crippen LogP contribution in [-0.2, 0) is 47.8 Å². The Morgan fingerprint density at radius 3 is 1.86 bits per heavy atom. The number of nitrogens with two attached hydrogens (primary N) is 1. The minimum atomic E-state index is -2.34. The van der Waals surface area contributed by atoms with Gasteiger partial charge in [0.15, 0.2) is 11.5 Å². The van der Waals surface area contributed by atoms with Crippen molar-refractivity contribution in [2.75, 3.05) is 46.9 Å². The van der Waals surface area contributed by atoms with Crippen molar-refractivity contribution in [2.45, 2.75) is 138 Å². The number of piperazine rings is 1. The predicted molar refractivity (Wildman–Crippen MR) is 364 cm³/mol. The Labute approximate surface area is 604 Å². The Kier molecular flexibility index (Phi) is 23.1. The van der Waals surface area contributed by atoms with E-state index in [9.17, 15) is 65.1 Å². The zero-order valence-corrected chi connectivity index (χ0v) is 58.5. The molecule has 2 fully saturated rings. The Morgan fingerprint density at radius 2 is 1.27 bits per heavy atom. The highest BCUT2D eigenvalue weighted by molar-refractivity contribution is 6.32. The lowest BCUT2D eigenvalue weighted by atomic mass is 9.89. The maximum Gasteiger partial charge on any atom is 0.410 e. The molecule has 0 aromatic heterocycles. The summed E-state index contributed by atoms with van der Waals surface area (Å²) in [7, 11) is 3.09. The third-order valence-corrected chi connectivity index (χ3v) is 18.6. The Hall–Kier alpha value is -9.81. The Morgan fingerprint density at radius 1 is 0.683 bits per heavy atom. The van der Waals surface area contributed by atoms with Gasteiger partial charge in [-0.1, -0.05) is 55.2 Å². The predicted octanol–water partition coefficient (Wildman–Crippen LogP) is 1.21. The van der Waals surface area contributed by atoms with Crippen molar-refractivity contribution in [3.8, 4) is 57.1 Å². The SMILES string of the molecule is CC(C)C[C@H](C(=O)NC1C(=O)NC(CC(N)=O)C(=O)NC2C(=O)N[C@H]3C(=O)N[C@H](C(=O)N[C@@H](C(=O)N4CCN(C)CC4)c4cc(O)cc(O)c4-c4cc3ccc4O)[C@H](O)c3ccc(c(Cl)c3)Oc3cc2cc(c3O[C@@H]2O[C@H](CO)[C@@H](O)[C@H](O)[C@H]2O)Oc2ccc(cc2Cl)[C@H]1O)N(C)C(=O)OC(C)(C)C. The fourth-order valence-corrected chi connectivity index (χ4v) is 12.9. The van der Waals surface area contributed by atoms with Crippen LogP contribution in [0.5, 0.6) is 46.0 Å². The number of halogens is 2. The summed E-state index contributed by atoms with van der Waals surface area (Å²) in [4.78, 5) is 138. The van der Waals surface area contributed by atoms with Crippen LogP contribution in [0.4, 0.5) is 4.79 Å². The Bertz CT molecular complexity index is 4190. The average Bonchev–Trinajstić information content (AvgIpc) is 0.767. The van der Waals surface area contributed by atoms with E-state index >= 15 is 24.0 Å². The van der Waals surface area contributed by atoms with E-state index in [0.29, 0.717) is 13.1 Å². The summed E-state index contributed by atoms with van der Waals surface area (Å²) >= 11 is 14.1. The van der Waals surface area contributed by atoms with Gasteiger partial charge in [0.25, 0.3) is 0 Å². The second kappa shape index (κ2) is 31.3. The van der Waals surface area contributed by atoms with Crippen molar-refractivity contribution in [2.24, 2.45) is 11.7 Å². The van der Waals surface area contributed by atoms with Crippen molar-refractivity contribution in [1.29, 1.82) is 0 Å². The van der Waals surface area contributed by atoms with Gasteiger partial charge in [-0.15, -0.1) is 0 Å². The van der Waals surface area contributed by atoms with Crippen molar-refractivity contribution in [3.63, 3.8) is 0 Å². The summed E-state index contributed by atoms with van der Waals surface area (Å²) in [5.41, 5.74) is 2.45. The fraction of sp³-hybridized carbons (Fsp3) is 0.435. The molecule has 33 nitrogen and oxygen atoms in total. The maximum absolute atomic E-state index is 16.1. The van der Waals surface area contributed by atoms with E-state index < -0.39 is 207 Å². The molecule has 2 saturated heterocycles. The van der Waals surface area contributed by atoms with Gasteiger partial charge in [0, 0.05) is 50.4 Å². The van der Waals surface area contributed by atoms with Gasteiger partial charge >= 0.3 is 6.09 Å². The van der Waals surface area contributed by atoms with E-state index in [0.717, 1.165) is 71.6 Å². The summed E-state index contributed by atoms with van der Waals surface area (Å²) in [6.45, 7) is 8.25. The van der Waals surface area contributed by atoms with Crippen LogP contribution in [0.3, 0.4) is 0 Å². The monoisotopic (exact) mass is 1490 g/mol. The van der Waals surface area contributed by atoms with Crippen LogP contribution in [-0.4, -0.2) is 221 Å². The number of likely N-dealkylation sites (N-methyl/N-ethyl adjacent to an activating group) is 2. The number of nitrogens with zero attached hydrogens (tertiary/aromatic N) is 3. The number of carbonyl (C=O) groups excluding carboxylic acids is 9. The molecule has 104 heavy (non-hydrogen) atoms. The highest BCUT2D eigenvalue weighted by Crippen LogP contribution is 2.49. The lowest BCUT2D eigenvalue weighted by Gasteiger charge is -2.39. The van der Waals surface area contributed by atoms with Crippen molar-refractivity contribution in [1.82, 2.24) is 46.6 Å². The van der Waals surface area contributed by atoms with E-state index in [1.54, 1.807) is 34.6 Å². The molecule has 17 N–H and O–H groups in total. The molecule has 12 rings (SSSR count). The second-order valence-electron chi connectivity index (χ2n) is 27.2. The van der Waals surface area contributed by atoms with Gasteiger partial charge in [-0.2, -0.15) is 0 Å². The highest BCUT2D eigenvalue weighted by Gasteiger charge is 2.48. The van der Waals surface area contributed by atoms with Crippen LogP contribution in [0.2, 0.25) is 10.0 Å². The van der Waals surface area contributed by atoms with E-state index in [-0.39, 0.29) is 70.3 Å². The minimum absolute atomic E-state index is 0.0500. The molecule has 9 amide bonds. The van der Waals surface area contributed by atoms with Gasteiger partial charge in [-0.25, -0.2) is 4.79 Å². The molecule has 5 aromatic rings. The molecule has 35 heteroatoms. The topological polar surface area (TPSA) is 490 Å². The number of aliphatic hydroxyl groups is 6. The number of hydrogen-bond donors (Lipinski definition) is 16.